The summed E-state index contributed by atoms with van der Waals surface area (Å²) in [6, 6.07) is 0. The molecule has 0 heterocycles. The molecule has 0 aliphatic heterocycles. The third-order valence-electron chi connectivity index (χ3n) is 4.47. The number of aliphatic hydroxyl groups is 1. The van der Waals surface area contributed by atoms with Crippen molar-refractivity contribution in [1.82, 2.24) is 0 Å². The smallest absolute Gasteiger partial charge is 0.463 e. The minimum atomic E-state index is -3.63. The molecule has 1 atom stereocenters. The molecule has 0 aromatic rings. The topological polar surface area (TPSA) is 91.3 Å². The minimum absolute atomic E-state index is 0.205. The Morgan fingerprint density at radius 3 is 1.86 bits per heavy atom. The number of ether oxygens (including phenoxy) is 1. The Kier molecular flexibility index (Phi) is 17.1. The summed E-state index contributed by atoms with van der Waals surface area (Å²) < 4.78 is 30.7. The molecule has 0 saturated carbocycles. The first-order chi connectivity index (χ1) is 13.3. The van der Waals surface area contributed by atoms with E-state index >= 15 is 0 Å². The van der Waals surface area contributed by atoms with Crippen LogP contribution < -0.4 is 0 Å². The molecule has 0 amide bonds. The van der Waals surface area contributed by atoms with Gasteiger partial charge >= 0.3 is 13.8 Å². The molecule has 1 N–H and O–H groups in total. The van der Waals surface area contributed by atoms with Gasteiger partial charge < -0.3 is 9.84 Å². The van der Waals surface area contributed by atoms with Gasteiger partial charge in [0.15, 0.2) is 0 Å². The van der Waals surface area contributed by atoms with E-state index in [0.717, 1.165) is 25.2 Å². The lowest BCUT2D eigenvalue weighted by Gasteiger charge is -2.16. The first kappa shape index (κ1) is 27.5. The average Bonchev–Trinajstić information content (AvgIpc) is 2.68. The van der Waals surface area contributed by atoms with E-state index in [1.807, 2.05) is 0 Å². The Balaban J connectivity index is 3.49. The number of carbonyl (C=O) groups is 1. The zero-order valence-corrected chi connectivity index (χ0v) is 19.1. The van der Waals surface area contributed by atoms with Crippen LogP contribution in [-0.4, -0.2) is 44.6 Å². The molecule has 0 spiro atoms. The fourth-order valence-electron chi connectivity index (χ4n) is 2.73. The molecule has 0 radical (unpaired) electrons. The molecule has 0 fully saturated rings. The van der Waals surface area contributed by atoms with Crippen molar-refractivity contribution in [2.24, 2.45) is 5.92 Å². The summed E-state index contributed by atoms with van der Waals surface area (Å²) >= 11 is 0. The van der Waals surface area contributed by atoms with E-state index in [1.165, 1.54) is 59.2 Å². The summed E-state index contributed by atoms with van der Waals surface area (Å²) in [6.07, 6.45) is 11.4. The highest BCUT2D eigenvalue weighted by atomic mass is 31.2. The number of hydrogen-bond donors (Lipinski definition) is 1. The fourth-order valence-corrected chi connectivity index (χ4v) is 3.44. The van der Waals surface area contributed by atoms with Crippen molar-refractivity contribution in [2.75, 3.05) is 27.4 Å². The van der Waals surface area contributed by atoms with Crippen molar-refractivity contribution in [1.29, 1.82) is 0 Å². The number of aliphatic hydroxyl groups excluding tert-OH is 1. The molecule has 0 saturated heterocycles. The monoisotopic (exact) mass is 424 g/mol. The van der Waals surface area contributed by atoms with Crippen LogP contribution in [0.3, 0.4) is 0 Å². The number of hydrogen-bond acceptors (Lipinski definition) is 7. The van der Waals surface area contributed by atoms with Gasteiger partial charge in [0.05, 0.1) is 6.61 Å². The number of carbonyl (C=O) groups excluding carboxylic acids is 1. The molecule has 168 valence electrons. The zero-order chi connectivity index (χ0) is 21.3. The third-order valence-corrected chi connectivity index (χ3v) is 5.83. The van der Waals surface area contributed by atoms with Crippen LogP contribution >= 0.6 is 7.82 Å². The van der Waals surface area contributed by atoms with E-state index in [4.69, 9.17) is 9.26 Å². The predicted octanol–water partition coefficient (Wildman–Crippen LogP) is 5.26. The van der Waals surface area contributed by atoms with Gasteiger partial charge in [-0.1, -0.05) is 71.6 Å². The third kappa shape index (κ3) is 16.5. The fraction of sp³-hybridized carbons (Fsp3) is 0.950. The van der Waals surface area contributed by atoms with Gasteiger partial charge in [0.25, 0.3) is 0 Å². The number of rotatable bonds is 19. The molecule has 8 heteroatoms. The molecule has 0 aliphatic carbocycles. The van der Waals surface area contributed by atoms with Gasteiger partial charge in [0, 0.05) is 20.6 Å². The van der Waals surface area contributed by atoms with E-state index in [0.29, 0.717) is 6.42 Å². The molecule has 28 heavy (non-hydrogen) atoms. The van der Waals surface area contributed by atoms with Gasteiger partial charge in [-0.2, -0.15) is 0 Å². The highest BCUT2D eigenvalue weighted by Gasteiger charge is 2.24. The Labute approximate surface area is 171 Å². The summed E-state index contributed by atoms with van der Waals surface area (Å²) in [5.74, 6) is 0.471. The van der Waals surface area contributed by atoms with Crippen molar-refractivity contribution < 1.29 is 32.8 Å². The highest BCUT2D eigenvalue weighted by Crippen LogP contribution is 2.47. The Bertz CT molecular complexity index is 421. The highest BCUT2D eigenvalue weighted by molar-refractivity contribution is 7.48. The van der Waals surface area contributed by atoms with Gasteiger partial charge in [-0.05, 0) is 12.3 Å². The van der Waals surface area contributed by atoms with Crippen LogP contribution in [0.15, 0.2) is 0 Å². The second kappa shape index (κ2) is 17.4. The number of esters is 1. The summed E-state index contributed by atoms with van der Waals surface area (Å²) in [5, 5.41) is 9.69. The van der Waals surface area contributed by atoms with Crippen molar-refractivity contribution >= 4 is 13.8 Å². The van der Waals surface area contributed by atoms with Crippen molar-refractivity contribution in [3.63, 3.8) is 0 Å². The van der Waals surface area contributed by atoms with Gasteiger partial charge in [-0.15, -0.1) is 0 Å². The minimum Gasteiger partial charge on any atom is -0.463 e. The second-order valence-electron chi connectivity index (χ2n) is 7.56. The molecular weight excluding hydrogens is 383 g/mol. The molecule has 0 rings (SSSR count). The largest absolute Gasteiger partial charge is 0.474 e. The van der Waals surface area contributed by atoms with Crippen LogP contribution in [0.2, 0.25) is 0 Å². The predicted molar refractivity (Wildman–Crippen MR) is 110 cm³/mol. The van der Waals surface area contributed by atoms with Gasteiger partial charge in [0.2, 0.25) is 0 Å². The lowest BCUT2D eigenvalue weighted by molar-refractivity contribution is -0.147. The molecule has 0 unspecified atom stereocenters. The van der Waals surface area contributed by atoms with E-state index in [1.54, 1.807) is 0 Å². The zero-order valence-electron chi connectivity index (χ0n) is 18.2. The van der Waals surface area contributed by atoms with Crippen LogP contribution in [0, 0.1) is 5.92 Å². The number of unbranched alkanes of at least 4 members (excludes halogenated alkanes) is 8. The summed E-state index contributed by atoms with van der Waals surface area (Å²) in [4.78, 5) is 11.7. The second-order valence-corrected chi connectivity index (χ2v) is 9.44. The summed E-state index contributed by atoms with van der Waals surface area (Å²) in [5.41, 5.74) is 0. The maximum atomic E-state index is 11.7. The Hall–Kier alpha value is -0.460. The van der Waals surface area contributed by atoms with E-state index in [-0.39, 0.29) is 19.2 Å². The SMILES string of the molecule is COP(=O)(OC)OC[C@@H](O)COC(=O)CCCCCCCCCCCC(C)C. The lowest BCUT2D eigenvalue weighted by Crippen LogP contribution is -2.23. The van der Waals surface area contributed by atoms with Crippen molar-refractivity contribution in [3.8, 4) is 0 Å². The number of phosphoric ester groups is 1. The maximum absolute atomic E-state index is 11.7. The van der Waals surface area contributed by atoms with E-state index in [2.05, 4.69) is 22.9 Å². The van der Waals surface area contributed by atoms with Crippen molar-refractivity contribution in [2.45, 2.75) is 90.6 Å². The Morgan fingerprint density at radius 1 is 0.857 bits per heavy atom. The van der Waals surface area contributed by atoms with E-state index < -0.39 is 13.9 Å². The van der Waals surface area contributed by atoms with E-state index in [9.17, 15) is 14.5 Å². The van der Waals surface area contributed by atoms with Crippen LogP contribution in [0.5, 0.6) is 0 Å². The average molecular weight is 425 g/mol. The standard InChI is InChI=1S/C20H41O7P/c1-18(2)14-12-10-8-6-5-7-9-11-13-15-20(22)26-16-19(21)17-27-28(23,24-3)25-4/h18-19,21H,5-17H2,1-4H3/t19-/m0/s1. The van der Waals surface area contributed by atoms with Crippen LogP contribution in [-0.2, 0) is 27.7 Å². The molecule has 0 aromatic heterocycles. The van der Waals surface area contributed by atoms with Gasteiger partial charge in [-0.25, -0.2) is 4.57 Å². The van der Waals surface area contributed by atoms with Gasteiger partial charge in [-0.3, -0.25) is 18.4 Å². The maximum Gasteiger partial charge on any atom is 0.474 e. The number of phosphoric acid groups is 1. The quantitative estimate of drug-likeness (QED) is 0.172. The van der Waals surface area contributed by atoms with Crippen LogP contribution in [0.25, 0.3) is 0 Å². The van der Waals surface area contributed by atoms with Crippen LogP contribution in [0.1, 0.15) is 84.5 Å². The normalized spacial score (nSPS) is 13.1. The Morgan fingerprint density at radius 2 is 1.36 bits per heavy atom. The van der Waals surface area contributed by atoms with Crippen molar-refractivity contribution in [3.05, 3.63) is 0 Å². The first-order valence-electron chi connectivity index (χ1n) is 10.5. The molecule has 0 aromatic carbocycles. The molecule has 0 aliphatic rings. The first-order valence-corrected chi connectivity index (χ1v) is 12.0. The lowest BCUT2D eigenvalue weighted by atomic mass is 10.0. The summed E-state index contributed by atoms with van der Waals surface area (Å²) in [7, 11) is -1.26. The molecular formula is C20H41O7P. The molecule has 7 nitrogen and oxygen atoms in total. The summed E-state index contributed by atoms with van der Waals surface area (Å²) in [6.45, 7) is 4.04. The molecule has 0 bridgehead atoms. The van der Waals surface area contributed by atoms with Gasteiger partial charge in [0.1, 0.15) is 12.7 Å². The van der Waals surface area contributed by atoms with Crippen LogP contribution in [0.4, 0.5) is 0 Å².